The van der Waals surface area contributed by atoms with Crippen molar-refractivity contribution in [3.8, 4) is 5.75 Å². The second-order valence-electron chi connectivity index (χ2n) is 7.85. The van der Waals surface area contributed by atoms with Crippen LogP contribution in [0.5, 0.6) is 5.75 Å². The number of ether oxygens (including phenoxy) is 1. The zero-order valence-corrected chi connectivity index (χ0v) is 16.5. The number of fused-ring (bicyclic) bond motifs is 1. The van der Waals surface area contributed by atoms with Crippen LogP contribution in [0.15, 0.2) is 30.5 Å². The fourth-order valence-corrected chi connectivity index (χ4v) is 4.17. The molecule has 2 heterocycles. The number of hydrogen-bond donors (Lipinski definition) is 2. The summed E-state index contributed by atoms with van der Waals surface area (Å²) in [6, 6.07) is 6.53. The van der Waals surface area contributed by atoms with Crippen LogP contribution in [-0.2, 0) is 9.59 Å². The van der Waals surface area contributed by atoms with Crippen LogP contribution in [0.2, 0.25) is 0 Å². The van der Waals surface area contributed by atoms with Crippen LogP contribution in [0.3, 0.4) is 0 Å². The Morgan fingerprint density at radius 1 is 1.31 bits per heavy atom. The molecule has 152 valence electrons. The third-order valence-electron chi connectivity index (χ3n) is 5.90. The van der Waals surface area contributed by atoms with E-state index < -0.39 is 17.5 Å². The van der Waals surface area contributed by atoms with Gasteiger partial charge in [-0.25, -0.2) is 4.79 Å². The van der Waals surface area contributed by atoms with E-state index in [1.54, 1.807) is 31.5 Å². The molecule has 0 radical (unpaired) electrons. The molecule has 2 N–H and O–H groups in total. The number of imide groups is 1. The van der Waals surface area contributed by atoms with Gasteiger partial charge < -0.3 is 15.4 Å². The number of aromatic nitrogens is 1. The highest BCUT2D eigenvalue weighted by Crippen LogP contribution is 2.36. The Balaban J connectivity index is 1.50. The first kappa shape index (κ1) is 19.2. The van der Waals surface area contributed by atoms with Crippen molar-refractivity contribution < 1.29 is 19.1 Å². The predicted octanol–water partition coefficient (Wildman–Crippen LogP) is 2.68. The normalized spacial score (nSPS) is 24.1. The summed E-state index contributed by atoms with van der Waals surface area (Å²) >= 11 is 0. The van der Waals surface area contributed by atoms with Crippen LogP contribution in [0.1, 0.15) is 32.6 Å². The van der Waals surface area contributed by atoms with Gasteiger partial charge in [-0.3, -0.25) is 19.5 Å². The average molecular weight is 396 g/mol. The fourth-order valence-electron chi connectivity index (χ4n) is 4.17. The predicted molar refractivity (Wildman–Crippen MR) is 108 cm³/mol. The lowest BCUT2D eigenvalue weighted by molar-refractivity contribution is -0.135. The molecule has 0 unspecified atom stereocenters. The van der Waals surface area contributed by atoms with E-state index in [4.69, 9.17) is 4.74 Å². The number of hydrogen-bond acceptors (Lipinski definition) is 5. The SMILES string of the molecule is COc1ccc(NC(=O)CN2C(=O)NC3(CCC(C)CC3)C2=O)c2cccnc12. The van der Waals surface area contributed by atoms with Crippen molar-refractivity contribution >= 4 is 34.4 Å². The van der Waals surface area contributed by atoms with Crippen molar-refractivity contribution in [3.05, 3.63) is 30.5 Å². The minimum Gasteiger partial charge on any atom is -0.494 e. The second-order valence-corrected chi connectivity index (χ2v) is 7.85. The maximum Gasteiger partial charge on any atom is 0.325 e. The van der Waals surface area contributed by atoms with E-state index in [-0.39, 0.29) is 12.5 Å². The summed E-state index contributed by atoms with van der Waals surface area (Å²) in [5.41, 5.74) is 0.325. The van der Waals surface area contributed by atoms with Gasteiger partial charge in [-0.05, 0) is 55.9 Å². The van der Waals surface area contributed by atoms with Gasteiger partial charge in [0.2, 0.25) is 5.91 Å². The van der Waals surface area contributed by atoms with Gasteiger partial charge in [-0.1, -0.05) is 6.92 Å². The maximum atomic E-state index is 12.9. The topological polar surface area (TPSA) is 101 Å². The molecule has 0 atom stereocenters. The molecular formula is C21H24N4O4. The van der Waals surface area contributed by atoms with E-state index in [0.29, 0.717) is 35.7 Å². The number of amides is 4. The number of pyridine rings is 1. The van der Waals surface area contributed by atoms with E-state index in [1.807, 2.05) is 6.07 Å². The molecular weight excluding hydrogens is 372 g/mol. The third-order valence-corrected chi connectivity index (χ3v) is 5.90. The van der Waals surface area contributed by atoms with Gasteiger partial charge in [0.05, 0.1) is 12.8 Å². The Hall–Kier alpha value is -3.16. The first-order valence-electron chi connectivity index (χ1n) is 9.79. The van der Waals surface area contributed by atoms with E-state index in [9.17, 15) is 14.4 Å². The van der Waals surface area contributed by atoms with Crippen molar-refractivity contribution in [2.24, 2.45) is 5.92 Å². The monoisotopic (exact) mass is 396 g/mol. The Bertz CT molecular complexity index is 982. The van der Waals surface area contributed by atoms with Gasteiger partial charge in [-0.15, -0.1) is 0 Å². The minimum absolute atomic E-state index is 0.300. The summed E-state index contributed by atoms with van der Waals surface area (Å²) in [7, 11) is 1.56. The lowest BCUT2D eigenvalue weighted by Crippen LogP contribution is -2.49. The molecule has 1 aromatic heterocycles. The molecule has 2 fully saturated rings. The van der Waals surface area contributed by atoms with Crippen LogP contribution >= 0.6 is 0 Å². The summed E-state index contributed by atoms with van der Waals surface area (Å²) in [4.78, 5) is 43.3. The lowest BCUT2D eigenvalue weighted by Gasteiger charge is -2.33. The second kappa shape index (κ2) is 7.35. The van der Waals surface area contributed by atoms with E-state index in [0.717, 1.165) is 23.1 Å². The van der Waals surface area contributed by atoms with Crippen LogP contribution < -0.4 is 15.4 Å². The molecule has 2 aromatic rings. The first-order valence-corrected chi connectivity index (χ1v) is 9.79. The summed E-state index contributed by atoms with van der Waals surface area (Å²) in [5, 5.41) is 6.35. The molecule has 1 aliphatic carbocycles. The fraction of sp³-hybridized carbons (Fsp3) is 0.429. The smallest absolute Gasteiger partial charge is 0.325 e. The van der Waals surface area contributed by atoms with E-state index >= 15 is 0 Å². The summed E-state index contributed by atoms with van der Waals surface area (Å²) < 4.78 is 5.31. The number of anilines is 1. The molecule has 2 aliphatic rings. The number of urea groups is 1. The number of nitrogens with zero attached hydrogens (tertiary/aromatic N) is 2. The average Bonchev–Trinajstić information content (AvgIpc) is 2.95. The zero-order valence-electron chi connectivity index (χ0n) is 16.5. The third kappa shape index (κ3) is 3.39. The van der Waals surface area contributed by atoms with Gasteiger partial charge in [0.1, 0.15) is 23.3 Å². The number of carbonyl (C=O) groups is 3. The first-order chi connectivity index (χ1) is 13.9. The highest BCUT2D eigenvalue weighted by Gasteiger charge is 2.52. The molecule has 1 aromatic carbocycles. The Morgan fingerprint density at radius 3 is 2.79 bits per heavy atom. The van der Waals surface area contributed by atoms with Gasteiger partial charge in [-0.2, -0.15) is 0 Å². The molecule has 0 bridgehead atoms. The van der Waals surface area contributed by atoms with E-state index in [1.165, 1.54) is 0 Å². The number of methoxy groups -OCH3 is 1. The highest BCUT2D eigenvalue weighted by atomic mass is 16.5. The number of benzene rings is 1. The summed E-state index contributed by atoms with van der Waals surface area (Å²) in [5.74, 6) is 0.400. The van der Waals surface area contributed by atoms with E-state index in [2.05, 4.69) is 22.5 Å². The summed E-state index contributed by atoms with van der Waals surface area (Å²) in [6.45, 7) is 1.82. The Labute approximate surface area is 168 Å². The molecule has 8 nitrogen and oxygen atoms in total. The van der Waals surface area contributed by atoms with Crippen LogP contribution in [0, 0.1) is 5.92 Å². The van der Waals surface area contributed by atoms with Crippen molar-refractivity contribution in [2.75, 3.05) is 19.0 Å². The van der Waals surface area contributed by atoms with Gasteiger partial charge in [0.15, 0.2) is 0 Å². The Morgan fingerprint density at radius 2 is 2.07 bits per heavy atom. The lowest BCUT2D eigenvalue weighted by atomic mass is 9.77. The molecule has 4 rings (SSSR count). The molecule has 4 amide bonds. The molecule has 1 saturated heterocycles. The van der Waals surface area contributed by atoms with Crippen LogP contribution in [0.25, 0.3) is 10.9 Å². The van der Waals surface area contributed by atoms with Crippen molar-refractivity contribution in [3.63, 3.8) is 0 Å². The number of rotatable bonds is 4. The Kier molecular flexibility index (Phi) is 4.86. The minimum atomic E-state index is -0.847. The quantitative estimate of drug-likeness (QED) is 0.774. The van der Waals surface area contributed by atoms with Crippen molar-refractivity contribution in [1.29, 1.82) is 0 Å². The standard InChI is InChI=1S/C21H24N4O4/c1-13-7-9-21(10-8-13)19(27)25(20(28)24-21)12-17(26)23-15-5-6-16(29-2)18-14(15)4-3-11-22-18/h3-6,11,13H,7-10,12H2,1-2H3,(H,23,26)(H,24,28). The largest absolute Gasteiger partial charge is 0.494 e. The summed E-state index contributed by atoms with van der Waals surface area (Å²) in [6.07, 6.45) is 4.65. The van der Waals surface area contributed by atoms with Crippen LogP contribution in [-0.4, -0.2) is 46.9 Å². The molecule has 1 spiro atoms. The van der Waals surface area contributed by atoms with Crippen LogP contribution in [0.4, 0.5) is 10.5 Å². The van der Waals surface area contributed by atoms with Crippen molar-refractivity contribution in [1.82, 2.24) is 15.2 Å². The van der Waals surface area contributed by atoms with Gasteiger partial charge in [0.25, 0.3) is 5.91 Å². The van der Waals surface area contributed by atoms with Gasteiger partial charge >= 0.3 is 6.03 Å². The molecule has 1 saturated carbocycles. The molecule has 29 heavy (non-hydrogen) atoms. The number of carbonyl (C=O) groups excluding carboxylic acids is 3. The molecule has 8 heteroatoms. The van der Waals surface area contributed by atoms with Gasteiger partial charge in [0, 0.05) is 11.6 Å². The number of nitrogens with one attached hydrogen (secondary N) is 2. The maximum absolute atomic E-state index is 12.9. The highest BCUT2D eigenvalue weighted by molar-refractivity contribution is 6.11. The van der Waals surface area contributed by atoms with Crippen molar-refractivity contribution in [2.45, 2.75) is 38.1 Å². The molecule has 1 aliphatic heterocycles. The zero-order chi connectivity index (χ0) is 20.6.